The minimum Gasteiger partial charge on any atom is -0.452 e. The maximum atomic E-state index is 11.6. The van der Waals surface area contributed by atoms with Gasteiger partial charge in [0.05, 0.1) is 23.1 Å². The number of amides is 1. The van der Waals surface area contributed by atoms with Gasteiger partial charge in [0.1, 0.15) is 0 Å². The number of likely N-dealkylation sites (N-methyl/N-ethyl adjacent to an activating group) is 1. The minimum absolute atomic E-state index is 0.272. The van der Waals surface area contributed by atoms with E-state index in [0.29, 0.717) is 17.9 Å². The number of carbonyl (C=O) groups is 2. The van der Waals surface area contributed by atoms with E-state index in [1.807, 2.05) is 0 Å². The lowest BCUT2D eigenvalue weighted by molar-refractivity contribution is -0.124. The molecule has 0 saturated carbocycles. The van der Waals surface area contributed by atoms with Crippen LogP contribution in [0.3, 0.4) is 0 Å². The van der Waals surface area contributed by atoms with Gasteiger partial charge in [-0.15, -0.1) is 0 Å². The molecule has 0 unspecified atom stereocenters. The molecule has 0 saturated heterocycles. The molecule has 92 valence electrons. The number of ether oxygens (including phenoxy) is 1. The van der Waals surface area contributed by atoms with Crippen LogP contribution in [-0.2, 0) is 9.53 Å². The number of pyridine rings is 1. The Morgan fingerprint density at radius 1 is 1.53 bits per heavy atom. The van der Waals surface area contributed by atoms with Crippen molar-refractivity contribution < 1.29 is 14.3 Å². The summed E-state index contributed by atoms with van der Waals surface area (Å²) in [6.45, 7) is 3.64. The highest BCUT2D eigenvalue weighted by atomic mass is 16.5. The second-order valence-electron chi connectivity index (χ2n) is 3.43. The number of nitrogens with one attached hydrogen (secondary N) is 1. The standard InChI is InChI=1S/C11H15N3O3/c1-3-13-10(15)6-17-11(16)9-4-8(12)5-14-7(9)2/h4-5H,3,6,12H2,1-2H3,(H,13,15). The van der Waals surface area contributed by atoms with Crippen molar-refractivity contribution in [3.63, 3.8) is 0 Å². The molecule has 0 atom stereocenters. The van der Waals surface area contributed by atoms with Crippen LogP contribution in [0, 0.1) is 6.92 Å². The van der Waals surface area contributed by atoms with E-state index >= 15 is 0 Å². The van der Waals surface area contributed by atoms with Gasteiger partial charge in [-0.3, -0.25) is 9.78 Å². The van der Waals surface area contributed by atoms with Gasteiger partial charge in [-0.25, -0.2) is 4.79 Å². The number of rotatable bonds is 4. The first-order valence-corrected chi connectivity index (χ1v) is 5.20. The lowest BCUT2D eigenvalue weighted by Crippen LogP contribution is -2.28. The van der Waals surface area contributed by atoms with Crippen LogP contribution >= 0.6 is 0 Å². The Balaban J connectivity index is 2.64. The molecular weight excluding hydrogens is 222 g/mol. The molecule has 0 aliphatic heterocycles. The van der Waals surface area contributed by atoms with Crippen LogP contribution in [-0.4, -0.2) is 30.0 Å². The van der Waals surface area contributed by atoms with Crippen molar-refractivity contribution >= 4 is 17.6 Å². The predicted molar refractivity (Wildman–Crippen MR) is 62.4 cm³/mol. The highest BCUT2D eigenvalue weighted by Gasteiger charge is 2.13. The van der Waals surface area contributed by atoms with Crippen molar-refractivity contribution in [2.75, 3.05) is 18.9 Å². The third-order valence-corrected chi connectivity index (χ3v) is 2.04. The minimum atomic E-state index is -0.603. The van der Waals surface area contributed by atoms with Crippen LogP contribution in [0.4, 0.5) is 5.69 Å². The highest BCUT2D eigenvalue weighted by molar-refractivity contribution is 5.93. The Hall–Kier alpha value is -2.11. The van der Waals surface area contributed by atoms with Crippen LogP contribution < -0.4 is 11.1 Å². The number of aromatic nitrogens is 1. The van der Waals surface area contributed by atoms with E-state index in [-0.39, 0.29) is 18.1 Å². The van der Waals surface area contributed by atoms with E-state index in [4.69, 9.17) is 10.5 Å². The number of nitrogen functional groups attached to an aromatic ring is 1. The number of nitrogens with two attached hydrogens (primary N) is 1. The Bertz CT molecular complexity index is 432. The predicted octanol–water partition coefficient (Wildman–Crippen LogP) is 0.265. The molecule has 0 aromatic carbocycles. The number of hydrogen-bond acceptors (Lipinski definition) is 5. The SMILES string of the molecule is CCNC(=O)COC(=O)c1cc(N)cnc1C. The molecular formula is C11H15N3O3. The Morgan fingerprint density at radius 2 is 2.24 bits per heavy atom. The molecule has 0 aliphatic rings. The molecule has 0 radical (unpaired) electrons. The molecule has 1 rings (SSSR count). The summed E-state index contributed by atoms with van der Waals surface area (Å²) in [7, 11) is 0. The quantitative estimate of drug-likeness (QED) is 0.733. The molecule has 6 heteroatoms. The van der Waals surface area contributed by atoms with Gasteiger partial charge >= 0.3 is 5.97 Å². The average Bonchev–Trinajstić information content (AvgIpc) is 2.29. The normalized spacial score (nSPS) is 9.76. The van der Waals surface area contributed by atoms with Crippen LogP contribution in [0.5, 0.6) is 0 Å². The monoisotopic (exact) mass is 237 g/mol. The molecule has 0 aliphatic carbocycles. The van der Waals surface area contributed by atoms with E-state index in [9.17, 15) is 9.59 Å². The van der Waals surface area contributed by atoms with Gasteiger partial charge in [-0.05, 0) is 19.9 Å². The van der Waals surface area contributed by atoms with Gasteiger partial charge < -0.3 is 15.8 Å². The molecule has 17 heavy (non-hydrogen) atoms. The van der Waals surface area contributed by atoms with E-state index in [2.05, 4.69) is 10.3 Å². The first kappa shape index (κ1) is 13.0. The van der Waals surface area contributed by atoms with Gasteiger partial charge in [-0.2, -0.15) is 0 Å². The lowest BCUT2D eigenvalue weighted by Gasteiger charge is -2.07. The molecule has 0 bridgehead atoms. The van der Waals surface area contributed by atoms with Crippen LogP contribution in [0.2, 0.25) is 0 Å². The van der Waals surface area contributed by atoms with E-state index < -0.39 is 5.97 Å². The third kappa shape index (κ3) is 3.75. The topological polar surface area (TPSA) is 94.3 Å². The molecule has 6 nitrogen and oxygen atoms in total. The number of anilines is 1. The Labute approximate surface area is 99.2 Å². The van der Waals surface area contributed by atoms with Gasteiger partial charge in [0.25, 0.3) is 5.91 Å². The van der Waals surface area contributed by atoms with Crippen LogP contribution in [0.15, 0.2) is 12.3 Å². The van der Waals surface area contributed by atoms with Gasteiger partial charge in [0, 0.05) is 6.54 Å². The second kappa shape index (κ2) is 5.83. The summed E-state index contributed by atoms with van der Waals surface area (Å²) in [6, 6.07) is 1.47. The van der Waals surface area contributed by atoms with Gasteiger partial charge in [-0.1, -0.05) is 0 Å². The first-order valence-electron chi connectivity index (χ1n) is 5.20. The molecule has 1 aromatic heterocycles. The fraction of sp³-hybridized carbons (Fsp3) is 0.364. The van der Waals surface area contributed by atoms with E-state index in [0.717, 1.165) is 0 Å². The fourth-order valence-corrected chi connectivity index (χ4v) is 1.21. The van der Waals surface area contributed by atoms with Gasteiger partial charge in [0.2, 0.25) is 0 Å². The molecule has 0 fully saturated rings. The molecule has 1 amide bonds. The molecule has 0 spiro atoms. The zero-order valence-electron chi connectivity index (χ0n) is 9.82. The number of nitrogens with zero attached hydrogens (tertiary/aromatic N) is 1. The van der Waals surface area contributed by atoms with Crippen molar-refractivity contribution in [1.29, 1.82) is 0 Å². The van der Waals surface area contributed by atoms with E-state index in [1.54, 1.807) is 13.8 Å². The summed E-state index contributed by atoms with van der Waals surface area (Å²) < 4.78 is 4.83. The van der Waals surface area contributed by atoms with Crippen LogP contribution in [0.25, 0.3) is 0 Å². The Morgan fingerprint density at radius 3 is 2.88 bits per heavy atom. The van der Waals surface area contributed by atoms with Crippen molar-refractivity contribution in [3.8, 4) is 0 Å². The summed E-state index contributed by atoms with van der Waals surface area (Å²) in [4.78, 5) is 26.7. The van der Waals surface area contributed by atoms with Crippen molar-refractivity contribution in [2.24, 2.45) is 0 Å². The maximum absolute atomic E-state index is 11.6. The zero-order valence-corrected chi connectivity index (χ0v) is 9.82. The number of hydrogen-bond donors (Lipinski definition) is 2. The number of aryl methyl sites for hydroxylation is 1. The summed E-state index contributed by atoms with van der Waals surface area (Å²) >= 11 is 0. The molecule has 1 aromatic rings. The number of esters is 1. The molecule has 1 heterocycles. The van der Waals surface area contributed by atoms with Crippen LogP contribution in [0.1, 0.15) is 23.0 Å². The summed E-state index contributed by atoms with van der Waals surface area (Å²) in [5.74, 6) is -0.941. The van der Waals surface area contributed by atoms with Crippen molar-refractivity contribution in [3.05, 3.63) is 23.5 Å². The second-order valence-corrected chi connectivity index (χ2v) is 3.43. The average molecular weight is 237 g/mol. The number of carbonyl (C=O) groups excluding carboxylic acids is 2. The van der Waals surface area contributed by atoms with Gasteiger partial charge in [0.15, 0.2) is 6.61 Å². The largest absolute Gasteiger partial charge is 0.452 e. The highest BCUT2D eigenvalue weighted by Crippen LogP contribution is 2.10. The van der Waals surface area contributed by atoms with E-state index in [1.165, 1.54) is 12.3 Å². The summed E-state index contributed by atoms with van der Waals surface area (Å²) in [6.07, 6.45) is 1.45. The fourth-order valence-electron chi connectivity index (χ4n) is 1.21. The Kier molecular flexibility index (Phi) is 4.45. The van der Waals surface area contributed by atoms with Crippen molar-refractivity contribution in [1.82, 2.24) is 10.3 Å². The van der Waals surface area contributed by atoms with Crippen molar-refractivity contribution in [2.45, 2.75) is 13.8 Å². The third-order valence-electron chi connectivity index (χ3n) is 2.04. The maximum Gasteiger partial charge on any atom is 0.340 e. The summed E-state index contributed by atoms with van der Waals surface area (Å²) in [5, 5.41) is 2.52. The first-order chi connectivity index (χ1) is 8.04. The molecule has 3 N–H and O–H groups in total. The summed E-state index contributed by atoms with van der Waals surface area (Å²) in [5.41, 5.74) is 6.68. The lowest BCUT2D eigenvalue weighted by atomic mass is 10.2. The zero-order chi connectivity index (χ0) is 12.8. The smallest absolute Gasteiger partial charge is 0.340 e.